The van der Waals surface area contributed by atoms with Gasteiger partial charge in [-0.05, 0) is 5.56 Å². The van der Waals surface area contributed by atoms with Gasteiger partial charge >= 0.3 is 5.97 Å². The van der Waals surface area contributed by atoms with Crippen LogP contribution in [0.4, 0.5) is 0 Å². The number of aromatic nitrogens is 2. The second-order valence-corrected chi connectivity index (χ2v) is 5.03. The van der Waals surface area contributed by atoms with Crippen LogP contribution in [0.3, 0.4) is 0 Å². The molecule has 5 nitrogen and oxygen atoms in total. The molecule has 5 heteroatoms. The second kappa shape index (κ2) is 6.27. The van der Waals surface area contributed by atoms with Gasteiger partial charge in [0, 0.05) is 17.2 Å². The van der Waals surface area contributed by atoms with Crippen molar-refractivity contribution in [3.05, 3.63) is 77.1 Å². The molecule has 3 aromatic rings. The molecule has 0 unspecified atom stereocenters. The Kier molecular flexibility index (Phi) is 4.01. The Balaban J connectivity index is 2.24. The normalized spacial score (nSPS) is 10.4. The van der Waals surface area contributed by atoms with Crippen molar-refractivity contribution in [2.24, 2.45) is 0 Å². The van der Waals surface area contributed by atoms with Crippen LogP contribution in [0.25, 0.3) is 22.4 Å². The van der Waals surface area contributed by atoms with Crippen molar-refractivity contribution < 1.29 is 9.90 Å². The lowest BCUT2D eigenvalue weighted by Gasteiger charge is -2.11. The highest BCUT2D eigenvalue weighted by molar-refractivity contribution is 5.80. The third-order valence-electron chi connectivity index (χ3n) is 3.42. The molecule has 0 fully saturated rings. The zero-order valence-corrected chi connectivity index (χ0v) is 12.2. The average Bonchev–Trinajstić information content (AvgIpc) is 2.57. The van der Waals surface area contributed by atoms with Crippen LogP contribution in [0.2, 0.25) is 0 Å². The highest BCUT2D eigenvalue weighted by Gasteiger charge is 2.13. The van der Waals surface area contributed by atoms with Crippen molar-refractivity contribution >= 4 is 5.97 Å². The summed E-state index contributed by atoms with van der Waals surface area (Å²) in [6.45, 7) is -0.465. The number of hydrogen-bond acceptors (Lipinski definition) is 3. The molecule has 23 heavy (non-hydrogen) atoms. The summed E-state index contributed by atoms with van der Waals surface area (Å²) in [5, 5.41) is 13.2. The predicted octanol–water partition coefficient (Wildman–Crippen LogP) is 2.66. The van der Waals surface area contributed by atoms with E-state index in [9.17, 15) is 9.59 Å². The molecule has 2 aromatic carbocycles. The fourth-order valence-electron chi connectivity index (χ4n) is 2.38. The predicted molar refractivity (Wildman–Crippen MR) is 87.0 cm³/mol. The lowest BCUT2D eigenvalue weighted by atomic mass is 10.0. The fourth-order valence-corrected chi connectivity index (χ4v) is 2.38. The molecular weight excluding hydrogens is 292 g/mol. The summed E-state index contributed by atoms with van der Waals surface area (Å²) in [5.41, 5.74) is 2.51. The number of aliphatic carboxylic acids is 1. The van der Waals surface area contributed by atoms with Crippen molar-refractivity contribution in [2.45, 2.75) is 6.54 Å². The average molecular weight is 306 g/mol. The van der Waals surface area contributed by atoms with Crippen molar-refractivity contribution in [2.75, 3.05) is 0 Å². The number of hydrogen-bond donors (Lipinski definition) is 1. The quantitative estimate of drug-likeness (QED) is 0.804. The molecule has 114 valence electrons. The summed E-state index contributed by atoms with van der Waals surface area (Å²) in [4.78, 5) is 23.1. The van der Waals surface area contributed by atoms with Gasteiger partial charge in [0.15, 0.2) is 0 Å². The van der Waals surface area contributed by atoms with Crippen LogP contribution in [-0.4, -0.2) is 20.9 Å². The summed E-state index contributed by atoms with van der Waals surface area (Å²) in [6, 6.07) is 20.3. The standard InChI is InChI=1S/C18H14N2O3/c21-16-11-15(13-7-3-1-4-8-13)18(14-9-5-2-6-10-14)19-20(16)12-17(22)23/h1-11H,12H2,(H,22,23). The minimum absolute atomic E-state index is 0.439. The summed E-state index contributed by atoms with van der Waals surface area (Å²) in [6.07, 6.45) is 0. The van der Waals surface area contributed by atoms with Gasteiger partial charge in [-0.2, -0.15) is 5.10 Å². The van der Waals surface area contributed by atoms with Gasteiger partial charge < -0.3 is 5.11 Å². The van der Waals surface area contributed by atoms with Gasteiger partial charge in [0.1, 0.15) is 6.54 Å². The lowest BCUT2D eigenvalue weighted by molar-refractivity contribution is -0.138. The molecule has 0 aliphatic heterocycles. The largest absolute Gasteiger partial charge is 0.480 e. The second-order valence-electron chi connectivity index (χ2n) is 5.03. The van der Waals surface area contributed by atoms with Crippen molar-refractivity contribution in [3.63, 3.8) is 0 Å². The van der Waals surface area contributed by atoms with E-state index in [-0.39, 0.29) is 0 Å². The molecule has 0 aliphatic carbocycles. The van der Waals surface area contributed by atoms with Crippen molar-refractivity contribution in [3.8, 4) is 22.4 Å². The Bertz CT molecular complexity index is 887. The van der Waals surface area contributed by atoms with E-state index in [4.69, 9.17) is 5.11 Å². The zero-order valence-electron chi connectivity index (χ0n) is 12.2. The summed E-state index contributed by atoms with van der Waals surface area (Å²) < 4.78 is 0.969. The van der Waals surface area contributed by atoms with E-state index >= 15 is 0 Å². The Labute approximate surface area is 132 Å². The van der Waals surface area contributed by atoms with E-state index < -0.39 is 18.1 Å². The fraction of sp³-hybridized carbons (Fsp3) is 0.0556. The smallest absolute Gasteiger partial charge is 0.325 e. The highest BCUT2D eigenvalue weighted by Crippen LogP contribution is 2.28. The summed E-state index contributed by atoms with van der Waals surface area (Å²) in [7, 11) is 0. The van der Waals surface area contributed by atoms with Crippen LogP contribution >= 0.6 is 0 Å². The molecule has 0 atom stereocenters. The van der Waals surface area contributed by atoms with Gasteiger partial charge in [-0.1, -0.05) is 60.7 Å². The van der Waals surface area contributed by atoms with Gasteiger partial charge in [0.25, 0.3) is 5.56 Å². The third kappa shape index (κ3) is 3.18. The number of carboxylic acid groups (broad SMARTS) is 1. The van der Waals surface area contributed by atoms with Crippen LogP contribution in [0.1, 0.15) is 0 Å². The SMILES string of the molecule is O=C(O)Cn1nc(-c2ccccc2)c(-c2ccccc2)cc1=O. The first-order valence-electron chi connectivity index (χ1n) is 7.10. The molecule has 1 aromatic heterocycles. The molecule has 0 spiro atoms. The summed E-state index contributed by atoms with van der Waals surface area (Å²) >= 11 is 0. The van der Waals surface area contributed by atoms with Crippen LogP contribution in [0, 0.1) is 0 Å². The minimum Gasteiger partial charge on any atom is -0.480 e. The number of rotatable bonds is 4. The zero-order chi connectivity index (χ0) is 16.2. The molecule has 0 bridgehead atoms. The molecule has 0 saturated heterocycles. The van der Waals surface area contributed by atoms with Gasteiger partial charge in [-0.15, -0.1) is 0 Å². The molecule has 1 N–H and O–H groups in total. The molecule has 1 heterocycles. The van der Waals surface area contributed by atoms with Crippen LogP contribution < -0.4 is 5.56 Å². The van der Waals surface area contributed by atoms with E-state index in [0.717, 1.165) is 15.8 Å². The molecular formula is C18H14N2O3. The van der Waals surface area contributed by atoms with E-state index in [1.54, 1.807) is 0 Å². The maximum Gasteiger partial charge on any atom is 0.325 e. The molecule has 0 amide bonds. The number of carboxylic acids is 1. The first-order chi connectivity index (χ1) is 11.1. The molecule has 0 radical (unpaired) electrons. The third-order valence-corrected chi connectivity index (χ3v) is 3.42. The molecule has 0 saturated carbocycles. The maximum atomic E-state index is 12.2. The number of nitrogens with zero attached hydrogens (tertiary/aromatic N) is 2. The van der Waals surface area contributed by atoms with Gasteiger partial charge in [-0.3, -0.25) is 9.59 Å². The Morgan fingerprint density at radius 2 is 1.52 bits per heavy atom. The molecule has 0 aliphatic rings. The topological polar surface area (TPSA) is 72.2 Å². The Morgan fingerprint density at radius 3 is 2.09 bits per heavy atom. The monoisotopic (exact) mass is 306 g/mol. The highest BCUT2D eigenvalue weighted by atomic mass is 16.4. The maximum absolute atomic E-state index is 12.2. The first kappa shape index (κ1) is 14.7. The summed E-state index contributed by atoms with van der Waals surface area (Å²) in [5.74, 6) is -1.11. The van der Waals surface area contributed by atoms with Crippen LogP contribution in [0.15, 0.2) is 71.5 Å². The van der Waals surface area contributed by atoms with E-state index in [2.05, 4.69) is 5.10 Å². The van der Waals surface area contributed by atoms with E-state index in [1.807, 2.05) is 60.7 Å². The van der Waals surface area contributed by atoms with Crippen LogP contribution in [0.5, 0.6) is 0 Å². The first-order valence-corrected chi connectivity index (χ1v) is 7.10. The van der Waals surface area contributed by atoms with Crippen LogP contribution in [-0.2, 0) is 11.3 Å². The van der Waals surface area contributed by atoms with Gasteiger partial charge in [0.05, 0.1) is 5.69 Å². The Morgan fingerprint density at radius 1 is 0.957 bits per heavy atom. The van der Waals surface area contributed by atoms with Gasteiger partial charge in [-0.25, -0.2) is 4.68 Å². The Hall–Kier alpha value is -3.21. The van der Waals surface area contributed by atoms with Gasteiger partial charge in [0.2, 0.25) is 0 Å². The number of benzene rings is 2. The number of carbonyl (C=O) groups is 1. The van der Waals surface area contributed by atoms with Crippen molar-refractivity contribution in [1.29, 1.82) is 0 Å². The van der Waals surface area contributed by atoms with E-state index in [1.165, 1.54) is 6.07 Å². The lowest BCUT2D eigenvalue weighted by Crippen LogP contribution is -2.26. The van der Waals surface area contributed by atoms with E-state index in [0.29, 0.717) is 11.3 Å². The molecule has 3 rings (SSSR count). The minimum atomic E-state index is -1.11. The van der Waals surface area contributed by atoms with Crippen molar-refractivity contribution in [1.82, 2.24) is 9.78 Å².